The molecule has 1 aromatic carbocycles. The maximum absolute atomic E-state index is 10.9. The Kier molecular flexibility index (Phi) is 5.65. The first-order valence-electron chi connectivity index (χ1n) is 5.53. The molecule has 94 valence electrons. The highest BCUT2D eigenvalue weighted by molar-refractivity contribution is 9.10. The minimum atomic E-state index is 0.198. The second kappa shape index (κ2) is 6.77. The summed E-state index contributed by atoms with van der Waals surface area (Å²) in [7, 11) is 3.61. The van der Waals surface area contributed by atoms with Crippen LogP contribution in [0.5, 0.6) is 5.75 Å². The van der Waals surface area contributed by atoms with Gasteiger partial charge < -0.3 is 4.74 Å². The molecule has 3 nitrogen and oxygen atoms in total. The summed E-state index contributed by atoms with van der Waals surface area (Å²) in [6, 6.07) is 6.05. The maximum Gasteiger partial charge on any atom is 0.143 e. The van der Waals surface area contributed by atoms with Crippen molar-refractivity contribution in [3.8, 4) is 5.75 Å². The normalized spacial score (nSPS) is 10.6. The van der Waals surface area contributed by atoms with Gasteiger partial charge in [0.05, 0.1) is 18.1 Å². The topological polar surface area (TPSA) is 29.5 Å². The molecular formula is C13H18BrNO2. The van der Waals surface area contributed by atoms with E-state index in [0.29, 0.717) is 6.54 Å². The third-order valence-electron chi connectivity index (χ3n) is 2.49. The molecule has 0 N–H and O–H groups in total. The van der Waals surface area contributed by atoms with E-state index in [1.807, 2.05) is 24.1 Å². The molecule has 17 heavy (non-hydrogen) atoms. The Labute approximate surface area is 111 Å². The first kappa shape index (κ1) is 14.2. The van der Waals surface area contributed by atoms with Crippen molar-refractivity contribution in [2.45, 2.75) is 13.3 Å². The highest BCUT2D eigenvalue weighted by atomic mass is 79.9. The van der Waals surface area contributed by atoms with E-state index in [9.17, 15) is 4.79 Å². The number of rotatable bonds is 6. The van der Waals surface area contributed by atoms with Gasteiger partial charge in [-0.2, -0.15) is 0 Å². The van der Waals surface area contributed by atoms with Crippen molar-refractivity contribution in [3.05, 3.63) is 28.2 Å². The van der Waals surface area contributed by atoms with Crippen LogP contribution in [0.3, 0.4) is 0 Å². The Balaban J connectivity index is 2.52. The van der Waals surface area contributed by atoms with Crippen LogP contribution in [0.2, 0.25) is 0 Å². The molecule has 0 heterocycles. The highest BCUT2D eigenvalue weighted by Crippen LogP contribution is 2.25. The van der Waals surface area contributed by atoms with E-state index in [2.05, 4.69) is 22.0 Å². The number of carbonyl (C=O) groups is 1. The van der Waals surface area contributed by atoms with Crippen LogP contribution in [-0.2, 0) is 11.2 Å². The quantitative estimate of drug-likeness (QED) is 0.808. The first-order chi connectivity index (χ1) is 8.02. The molecular weight excluding hydrogens is 282 g/mol. The van der Waals surface area contributed by atoms with Crippen LogP contribution in [0.4, 0.5) is 0 Å². The molecule has 0 amide bonds. The number of likely N-dealkylation sites (N-methyl/N-ethyl adjacent to an activating group) is 1. The van der Waals surface area contributed by atoms with Crippen molar-refractivity contribution in [3.63, 3.8) is 0 Å². The van der Waals surface area contributed by atoms with Gasteiger partial charge in [-0.25, -0.2) is 0 Å². The zero-order valence-corrected chi connectivity index (χ0v) is 12.1. The molecule has 0 aromatic heterocycles. The predicted octanol–water partition coefficient (Wildman–Crippen LogP) is 2.52. The number of nitrogens with zero attached hydrogens (tertiary/aromatic N) is 1. The van der Waals surface area contributed by atoms with Gasteiger partial charge in [-0.3, -0.25) is 9.69 Å². The molecule has 0 saturated carbocycles. The predicted molar refractivity (Wildman–Crippen MR) is 72.6 cm³/mol. The van der Waals surface area contributed by atoms with Gasteiger partial charge in [-0.1, -0.05) is 6.07 Å². The Morgan fingerprint density at radius 1 is 1.47 bits per heavy atom. The molecule has 0 fully saturated rings. The SMILES string of the molecule is COc1ccc(CCN(C)CC(C)=O)cc1Br. The Hall–Kier alpha value is -0.870. The lowest BCUT2D eigenvalue weighted by Gasteiger charge is -2.14. The standard InChI is InChI=1S/C13H18BrNO2/c1-10(16)9-15(2)7-6-11-4-5-13(17-3)12(14)8-11/h4-5,8H,6-7,9H2,1-3H3. The second-order valence-corrected chi connectivity index (χ2v) is 5.01. The average Bonchev–Trinajstić information content (AvgIpc) is 2.25. The summed E-state index contributed by atoms with van der Waals surface area (Å²) in [5, 5.41) is 0. The number of benzene rings is 1. The Bertz CT molecular complexity index is 393. The molecule has 4 heteroatoms. The third-order valence-corrected chi connectivity index (χ3v) is 3.11. The number of hydrogen-bond acceptors (Lipinski definition) is 3. The maximum atomic E-state index is 10.9. The van der Waals surface area contributed by atoms with Crippen molar-refractivity contribution in [2.24, 2.45) is 0 Å². The zero-order chi connectivity index (χ0) is 12.8. The minimum Gasteiger partial charge on any atom is -0.496 e. The highest BCUT2D eigenvalue weighted by Gasteiger charge is 2.04. The van der Waals surface area contributed by atoms with Gasteiger partial charge in [0.15, 0.2) is 0 Å². The summed E-state index contributed by atoms with van der Waals surface area (Å²) in [4.78, 5) is 13.0. The lowest BCUT2D eigenvalue weighted by Crippen LogP contribution is -2.26. The van der Waals surface area contributed by atoms with E-state index in [-0.39, 0.29) is 5.78 Å². The van der Waals surface area contributed by atoms with Crippen molar-refractivity contribution in [2.75, 3.05) is 27.2 Å². The number of carbonyl (C=O) groups excluding carboxylic acids is 1. The van der Waals surface area contributed by atoms with Crippen LogP contribution in [0.1, 0.15) is 12.5 Å². The van der Waals surface area contributed by atoms with E-state index < -0.39 is 0 Å². The van der Waals surface area contributed by atoms with E-state index in [4.69, 9.17) is 4.74 Å². The molecule has 0 atom stereocenters. The largest absolute Gasteiger partial charge is 0.496 e. The Morgan fingerprint density at radius 2 is 2.18 bits per heavy atom. The van der Waals surface area contributed by atoms with E-state index >= 15 is 0 Å². The summed E-state index contributed by atoms with van der Waals surface area (Å²) in [6.45, 7) is 3.00. The van der Waals surface area contributed by atoms with Gasteiger partial charge in [-0.15, -0.1) is 0 Å². The van der Waals surface area contributed by atoms with Gasteiger partial charge >= 0.3 is 0 Å². The lowest BCUT2D eigenvalue weighted by molar-refractivity contribution is -0.117. The third kappa shape index (κ3) is 4.88. The van der Waals surface area contributed by atoms with Crippen LogP contribution in [0, 0.1) is 0 Å². The molecule has 0 bridgehead atoms. The molecule has 0 spiro atoms. The van der Waals surface area contributed by atoms with Gasteiger partial charge in [0.1, 0.15) is 11.5 Å². The Morgan fingerprint density at radius 3 is 2.71 bits per heavy atom. The smallest absolute Gasteiger partial charge is 0.143 e. The number of ether oxygens (including phenoxy) is 1. The summed E-state index contributed by atoms with van der Waals surface area (Å²) in [5.41, 5.74) is 1.23. The van der Waals surface area contributed by atoms with Crippen molar-refractivity contribution in [1.29, 1.82) is 0 Å². The first-order valence-corrected chi connectivity index (χ1v) is 6.32. The summed E-state index contributed by atoms with van der Waals surface area (Å²) >= 11 is 3.46. The molecule has 0 unspecified atom stereocenters. The number of Topliss-reactive ketones (excluding diaryl/α,β-unsaturated/α-hetero) is 1. The van der Waals surface area contributed by atoms with Gasteiger partial charge in [0.2, 0.25) is 0 Å². The van der Waals surface area contributed by atoms with Gasteiger partial charge in [0.25, 0.3) is 0 Å². The fourth-order valence-electron chi connectivity index (χ4n) is 1.64. The van der Waals surface area contributed by atoms with Crippen molar-refractivity contribution >= 4 is 21.7 Å². The second-order valence-electron chi connectivity index (χ2n) is 4.16. The molecule has 0 saturated heterocycles. The van der Waals surface area contributed by atoms with E-state index in [0.717, 1.165) is 23.2 Å². The zero-order valence-electron chi connectivity index (χ0n) is 10.5. The van der Waals surface area contributed by atoms with Crippen LogP contribution in [-0.4, -0.2) is 37.9 Å². The number of halogens is 1. The molecule has 0 radical (unpaired) electrons. The van der Waals surface area contributed by atoms with Crippen LogP contribution >= 0.6 is 15.9 Å². The molecule has 0 aliphatic rings. The van der Waals surface area contributed by atoms with Crippen molar-refractivity contribution in [1.82, 2.24) is 4.90 Å². The van der Waals surface area contributed by atoms with E-state index in [1.165, 1.54) is 5.56 Å². The molecule has 0 aliphatic carbocycles. The van der Waals surface area contributed by atoms with Crippen LogP contribution in [0.25, 0.3) is 0 Å². The summed E-state index contributed by atoms with van der Waals surface area (Å²) < 4.78 is 6.14. The average molecular weight is 300 g/mol. The monoisotopic (exact) mass is 299 g/mol. The van der Waals surface area contributed by atoms with Gasteiger partial charge in [-0.05, 0) is 54.0 Å². The van der Waals surface area contributed by atoms with Crippen molar-refractivity contribution < 1.29 is 9.53 Å². The van der Waals surface area contributed by atoms with Gasteiger partial charge in [0, 0.05) is 6.54 Å². The fraction of sp³-hybridized carbons (Fsp3) is 0.462. The lowest BCUT2D eigenvalue weighted by atomic mass is 10.1. The molecule has 1 aromatic rings. The fourth-order valence-corrected chi connectivity index (χ4v) is 2.23. The minimum absolute atomic E-state index is 0.198. The number of methoxy groups -OCH3 is 1. The van der Waals surface area contributed by atoms with Crippen LogP contribution < -0.4 is 4.74 Å². The summed E-state index contributed by atoms with van der Waals surface area (Å²) in [6.07, 6.45) is 0.923. The molecule has 0 aliphatic heterocycles. The number of ketones is 1. The number of hydrogen-bond donors (Lipinski definition) is 0. The van der Waals surface area contributed by atoms with Crippen LogP contribution in [0.15, 0.2) is 22.7 Å². The summed E-state index contributed by atoms with van der Waals surface area (Å²) in [5.74, 6) is 1.04. The molecule has 1 rings (SSSR count). The van der Waals surface area contributed by atoms with E-state index in [1.54, 1.807) is 14.0 Å².